The summed E-state index contributed by atoms with van der Waals surface area (Å²) in [4.78, 5) is 23.4. The van der Waals surface area contributed by atoms with Gasteiger partial charge in [0.25, 0.3) is 0 Å². The van der Waals surface area contributed by atoms with E-state index < -0.39 is 0 Å². The fourth-order valence-electron chi connectivity index (χ4n) is 1.84. The smallest absolute Gasteiger partial charge is 0.173 e. The van der Waals surface area contributed by atoms with Crippen molar-refractivity contribution in [3.63, 3.8) is 0 Å². The van der Waals surface area contributed by atoms with Gasteiger partial charge in [0.1, 0.15) is 17.3 Å². The molecule has 0 saturated carbocycles. The molecule has 1 heterocycles. The lowest BCUT2D eigenvalue weighted by Gasteiger charge is -1.99. The predicted molar refractivity (Wildman–Crippen MR) is 66.3 cm³/mol. The molecule has 0 atom stereocenters. The summed E-state index contributed by atoms with van der Waals surface area (Å²) in [5.41, 5.74) is 0.548. The second-order valence-electron chi connectivity index (χ2n) is 4.42. The zero-order chi connectivity index (χ0) is 12.8. The molecule has 3 heteroatoms. The Morgan fingerprint density at radius 2 is 1.94 bits per heavy atom. The van der Waals surface area contributed by atoms with Crippen molar-refractivity contribution in [3.8, 4) is 0 Å². The molecule has 0 radical (unpaired) electrons. The van der Waals surface area contributed by atoms with Gasteiger partial charge >= 0.3 is 0 Å². The zero-order valence-corrected chi connectivity index (χ0v) is 10.8. The highest BCUT2D eigenvalue weighted by molar-refractivity contribution is 6.08. The van der Waals surface area contributed by atoms with Crippen molar-refractivity contribution in [2.75, 3.05) is 0 Å². The Labute approximate surface area is 102 Å². The van der Waals surface area contributed by atoms with Crippen molar-refractivity contribution in [3.05, 3.63) is 23.2 Å². The molecule has 0 saturated heterocycles. The molecule has 1 aromatic heterocycles. The minimum absolute atomic E-state index is 0.00350. The monoisotopic (exact) mass is 236 g/mol. The number of Topliss-reactive ketones (excluding diaryl/α,β-unsaturated/α-hetero) is 2. The van der Waals surface area contributed by atoms with Crippen LogP contribution in [0.25, 0.3) is 0 Å². The number of carbonyl (C=O) groups excluding carboxylic acids is 2. The molecule has 0 amide bonds. The average molecular weight is 236 g/mol. The van der Waals surface area contributed by atoms with Gasteiger partial charge in [0.2, 0.25) is 0 Å². The SMILES string of the molecule is CCCCCC(=O)CC(=O)c1cc(C)oc1C. The van der Waals surface area contributed by atoms with Gasteiger partial charge in [-0.2, -0.15) is 0 Å². The molecule has 0 bridgehead atoms. The van der Waals surface area contributed by atoms with Crippen molar-refractivity contribution in [1.82, 2.24) is 0 Å². The van der Waals surface area contributed by atoms with Crippen LogP contribution in [-0.2, 0) is 4.79 Å². The van der Waals surface area contributed by atoms with E-state index in [1.54, 1.807) is 19.9 Å². The molecule has 0 aliphatic rings. The molecule has 0 spiro atoms. The van der Waals surface area contributed by atoms with Crippen molar-refractivity contribution in [2.45, 2.75) is 52.9 Å². The quantitative estimate of drug-likeness (QED) is 0.412. The third-order valence-corrected chi connectivity index (χ3v) is 2.76. The summed E-state index contributed by atoms with van der Waals surface area (Å²) in [5.74, 6) is 1.22. The number of furan rings is 1. The van der Waals surface area contributed by atoms with Crippen molar-refractivity contribution in [1.29, 1.82) is 0 Å². The van der Waals surface area contributed by atoms with Crippen LogP contribution in [0.15, 0.2) is 10.5 Å². The first-order valence-electron chi connectivity index (χ1n) is 6.16. The van der Waals surface area contributed by atoms with Gasteiger partial charge in [-0.3, -0.25) is 9.59 Å². The van der Waals surface area contributed by atoms with E-state index in [0.717, 1.165) is 19.3 Å². The first kappa shape index (κ1) is 13.7. The van der Waals surface area contributed by atoms with E-state index in [9.17, 15) is 9.59 Å². The first-order valence-corrected chi connectivity index (χ1v) is 6.16. The fraction of sp³-hybridized carbons (Fsp3) is 0.571. The third kappa shape index (κ3) is 4.17. The summed E-state index contributed by atoms with van der Waals surface area (Å²) in [6.45, 7) is 5.64. The molecule has 0 unspecified atom stereocenters. The first-order chi connectivity index (χ1) is 8.04. The van der Waals surface area contributed by atoms with Gasteiger partial charge in [0, 0.05) is 6.42 Å². The van der Waals surface area contributed by atoms with Gasteiger partial charge in [0.05, 0.1) is 12.0 Å². The average Bonchev–Trinajstić information content (AvgIpc) is 2.58. The van der Waals surface area contributed by atoms with E-state index in [-0.39, 0.29) is 18.0 Å². The van der Waals surface area contributed by atoms with Gasteiger partial charge in [-0.1, -0.05) is 19.8 Å². The Hall–Kier alpha value is -1.38. The van der Waals surface area contributed by atoms with Gasteiger partial charge in [-0.25, -0.2) is 0 Å². The molecule has 17 heavy (non-hydrogen) atoms. The molecule has 94 valence electrons. The maximum absolute atomic E-state index is 11.8. The molecule has 1 aromatic rings. The fourth-order valence-corrected chi connectivity index (χ4v) is 1.84. The summed E-state index contributed by atoms with van der Waals surface area (Å²) in [6, 6.07) is 1.71. The maximum Gasteiger partial charge on any atom is 0.173 e. The second-order valence-corrected chi connectivity index (χ2v) is 4.42. The van der Waals surface area contributed by atoms with Crippen LogP contribution < -0.4 is 0 Å². The van der Waals surface area contributed by atoms with Crippen molar-refractivity contribution < 1.29 is 14.0 Å². The molecule has 0 fully saturated rings. The van der Waals surface area contributed by atoms with E-state index in [1.165, 1.54) is 0 Å². The molecule has 0 aliphatic heterocycles. The van der Waals surface area contributed by atoms with Gasteiger partial charge in [-0.15, -0.1) is 0 Å². The Kier molecular flexibility index (Phi) is 5.13. The van der Waals surface area contributed by atoms with Crippen molar-refractivity contribution >= 4 is 11.6 Å². The molecule has 0 N–H and O–H groups in total. The van der Waals surface area contributed by atoms with E-state index in [1.807, 2.05) is 0 Å². The number of ketones is 2. The number of aryl methyl sites for hydroxylation is 2. The predicted octanol–water partition coefficient (Wildman–Crippen LogP) is 3.62. The van der Waals surface area contributed by atoms with Crippen LogP contribution in [0.1, 0.15) is 60.9 Å². The topological polar surface area (TPSA) is 47.3 Å². The number of unbranched alkanes of at least 4 members (excludes halogenated alkanes) is 2. The standard InChI is InChI=1S/C14H20O3/c1-4-5-6-7-12(15)9-14(16)13-8-10(2)17-11(13)3/h8H,4-7,9H2,1-3H3. The van der Waals surface area contributed by atoms with Crippen LogP contribution in [0.5, 0.6) is 0 Å². The lowest BCUT2D eigenvalue weighted by Crippen LogP contribution is -2.08. The van der Waals surface area contributed by atoms with Crippen LogP contribution in [-0.4, -0.2) is 11.6 Å². The summed E-state index contributed by atoms with van der Waals surface area (Å²) in [6.07, 6.45) is 3.52. The number of rotatable bonds is 7. The largest absolute Gasteiger partial charge is 0.466 e. The van der Waals surface area contributed by atoms with Gasteiger partial charge in [0.15, 0.2) is 5.78 Å². The summed E-state index contributed by atoms with van der Waals surface area (Å²) >= 11 is 0. The molecule has 3 nitrogen and oxygen atoms in total. The minimum atomic E-state index is -0.124. The van der Waals surface area contributed by atoms with E-state index in [2.05, 4.69) is 6.92 Å². The van der Waals surface area contributed by atoms with Crippen LogP contribution in [0.4, 0.5) is 0 Å². The maximum atomic E-state index is 11.8. The molecule has 0 aliphatic carbocycles. The Morgan fingerprint density at radius 3 is 2.47 bits per heavy atom. The third-order valence-electron chi connectivity index (χ3n) is 2.76. The van der Waals surface area contributed by atoms with Gasteiger partial charge in [-0.05, 0) is 26.3 Å². The van der Waals surface area contributed by atoms with Gasteiger partial charge < -0.3 is 4.42 Å². The molecular formula is C14H20O3. The summed E-state index contributed by atoms with van der Waals surface area (Å²) in [7, 11) is 0. The highest BCUT2D eigenvalue weighted by Gasteiger charge is 2.16. The normalized spacial score (nSPS) is 10.5. The Morgan fingerprint density at radius 1 is 1.24 bits per heavy atom. The highest BCUT2D eigenvalue weighted by atomic mass is 16.3. The molecule has 1 rings (SSSR count). The lowest BCUT2D eigenvalue weighted by molar-refractivity contribution is -0.118. The van der Waals surface area contributed by atoms with Crippen LogP contribution in [0.2, 0.25) is 0 Å². The number of hydrogen-bond acceptors (Lipinski definition) is 3. The van der Waals surface area contributed by atoms with Crippen molar-refractivity contribution in [2.24, 2.45) is 0 Å². The second kappa shape index (κ2) is 6.38. The summed E-state index contributed by atoms with van der Waals surface area (Å²) < 4.78 is 5.28. The minimum Gasteiger partial charge on any atom is -0.466 e. The van der Waals surface area contributed by atoms with E-state index >= 15 is 0 Å². The molecular weight excluding hydrogens is 216 g/mol. The number of hydrogen-bond donors (Lipinski definition) is 0. The zero-order valence-electron chi connectivity index (χ0n) is 10.8. The number of carbonyl (C=O) groups is 2. The molecule has 0 aromatic carbocycles. The van der Waals surface area contributed by atoms with Crippen LogP contribution in [0, 0.1) is 13.8 Å². The highest BCUT2D eigenvalue weighted by Crippen LogP contribution is 2.16. The van der Waals surface area contributed by atoms with Crippen LogP contribution >= 0.6 is 0 Å². The van der Waals surface area contributed by atoms with E-state index in [0.29, 0.717) is 23.5 Å². The summed E-state index contributed by atoms with van der Waals surface area (Å²) in [5, 5.41) is 0. The lowest BCUT2D eigenvalue weighted by atomic mass is 10.0. The Bertz CT molecular complexity index is 402. The van der Waals surface area contributed by atoms with Crippen LogP contribution in [0.3, 0.4) is 0 Å². The Balaban J connectivity index is 2.49. The van der Waals surface area contributed by atoms with E-state index in [4.69, 9.17) is 4.42 Å².